The molecule has 0 saturated carbocycles. The number of rotatable bonds is 4. The lowest BCUT2D eigenvalue weighted by molar-refractivity contribution is -0.139. The van der Waals surface area contributed by atoms with Gasteiger partial charge in [0.1, 0.15) is 0 Å². The number of imide groups is 1. The third-order valence-corrected chi connectivity index (χ3v) is 4.44. The number of aromatic nitrogens is 2. The van der Waals surface area contributed by atoms with Crippen molar-refractivity contribution in [1.82, 2.24) is 14.7 Å². The summed E-state index contributed by atoms with van der Waals surface area (Å²) in [6.07, 6.45) is 0.577. The van der Waals surface area contributed by atoms with Crippen LogP contribution in [-0.2, 0) is 23.2 Å². The van der Waals surface area contributed by atoms with Crippen LogP contribution in [0.3, 0.4) is 0 Å². The first kappa shape index (κ1) is 16.9. The van der Waals surface area contributed by atoms with Gasteiger partial charge in [-0.25, -0.2) is 0 Å². The first-order valence-corrected chi connectivity index (χ1v) is 8.10. The minimum absolute atomic E-state index is 0.134. The summed E-state index contributed by atoms with van der Waals surface area (Å²) in [4.78, 5) is 37.1. The molecule has 0 bridgehead atoms. The van der Waals surface area contributed by atoms with E-state index in [4.69, 9.17) is 0 Å². The summed E-state index contributed by atoms with van der Waals surface area (Å²) in [5, 5.41) is 7.10. The number of aryl methyl sites for hydroxylation is 2. The van der Waals surface area contributed by atoms with Gasteiger partial charge in [-0.05, 0) is 31.5 Å². The van der Waals surface area contributed by atoms with Crippen molar-refractivity contribution in [3.63, 3.8) is 0 Å². The van der Waals surface area contributed by atoms with Gasteiger partial charge in [0.25, 0.3) is 5.91 Å². The van der Waals surface area contributed by atoms with Crippen LogP contribution in [0.15, 0.2) is 24.3 Å². The first-order valence-electron chi connectivity index (χ1n) is 8.10. The van der Waals surface area contributed by atoms with E-state index < -0.39 is 0 Å². The quantitative estimate of drug-likeness (QED) is 0.862. The molecule has 130 valence electrons. The number of nitrogens with zero attached hydrogens (tertiary/aromatic N) is 3. The Labute approximate surface area is 145 Å². The molecular formula is C18H20N4O3. The average molecular weight is 340 g/mol. The maximum absolute atomic E-state index is 12.5. The predicted octanol–water partition coefficient (Wildman–Crippen LogP) is 1.94. The highest BCUT2D eigenvalue weighted by atomic mass is 16.2. The number of hydrogen-bond donors (Lipinski definition) is 1. The summed E-state index contributed by atoms with van der Waals surface area (Å²) in [6.45, 7) is 3.92. The minimum Gasteiger partial charge on any atom is -0.322 e. The van der Waals surface area contributed by atoms with E-state index in [-0.39, 0.29) is 37.1 Å². The molecule has 1 fully saturated rings. The monoisotopic (exact) mass is 340 g/mol. The maximum atomic E-state index is 12.5. The number of likely N-dealkylation sites (tertiary alicyclic amines) is 1. The summed E-state index contributed by atoms with van der Waals surface area (Å²) in [5.74, 6) is -0.476. The number of nitrogens with one attached hydrogen (secondary N) is 1. The molecule has 1 saturated heterocycles. The molecule has 2 aromatic rings. The van der Waals surface area contributed by atoms with Crippen molar-refractivity contribution in [3.05, 3.63) is 46.8 Å². The number of hydrogen-bond acceptors (Lipinski definition) is 4. The van der Waals surface area contributed by atoms with Crippen LogP contribution in [0.25, 0.3) is 0 Å². The molecule has 1 aromatic heterocycles. The number of carbonyl (C=O) groups excluding carboxylic acids is 3. The number of benzene rings is 1. The highest BCUT2D eigenvalue weighted by Gasteiger charge is 2.28. The summed E-state index contributed by atoms with van der Waals surface area (Å²) < 4.78 is 1.68. The van der Waals surface area contributed by atoms with Gasteiger partial charge in [0.2, 0.25) is 11.8 Å². The van der Waals surface area contributed by atoms with Gasteiger partial charge in [0.05, 0.1) is 17.8 Å². The lowest BCUT2D eigenvalue weighted by Gasteiger charge is -2.14. The van der Waals surface area contributed by atoms with Crippen LogP contribution < -0.4 is 5.32 Å². The van der Waals surface area contributed by atoms with Gasteiger partial charge < -0.3 is 5.32 Å². The second-order valence-electron chi connectivity index (χ2n) is 6.19. The summed E-state index contributed by atoms with van der Waals surface area (Å²) in [5.41, 5.74) is 3.54. The Morgan fingerprint density at radius 1 is 1.12 bits per heavy atom. The number of anilines is 1. The van der Waals surface area contributed by atoms with Gasteiger partial charge in [-0.1, -0.05) is 12.1 Å². The fourth-order valence-corrected chi connectivity index (χ4v) is 2.97. The highest BCUT2D eigenvalue weighted by molar-refractivity contribution is 6.06. The zero-order chi connectivity index (χ0) is 18.1. The topological polar surface area (TPSA) is 84.3 Å². The summed E-state index contributed by atoms with van der Waals surface area (Å²) in [6, 6.07) is 7.13. The van der Waals surface area contributed by atoms with Crippen LogP contribution in [0, 0.1) is 13.8 Å². The molecule has 0 radical (unpaired) electrons. The van der Waals surface area contributed by atoms with E-state index in [1.54, 1.807) is 42.9 Å². The van der Waals surface area contributed by atoms with Gasteiger partial charge >= 0.3 is 0 Å². The number of carbonyl (C=O) groups is 3. The van der Waals surface area contributed by atoms with Crippen molar-refractivity contribution in [3.8, 4) is 0 Å². The van der Waals surface area contributed by atoms with Crippen LogP contribution in [0.4, 0.5) is 5.69 Å². The molecule has 0 aliphatic carbocycles. The molecule has 3 amide bonds. The lowest BCUT2D eigenvalue weighted by atomic mass is 10.1. The number of amides is 3. The molecule has 1 aliphatic rings. The third-order valence-electron chi connectivity index (χ3n) is 4.44. The Balaban J connectivity index is 1.69. The maximum Gasteiger partial charge on any atom is 0.259 e. The fraction of sp³-hybridized carbons (Fsp3) is 0.333. The van der Waals surface area contributed by atoms with Crippen molar-refractivity contribution in [2.75, 3.05) is 5.32 Å². The van der Waals surface area contributed by atoms with Gasteiger partial charge in [-0.2, -0.15) is 5.10 Å². The van der Waals surface area contributed by atoms with Crippen molar-refractivity contribution in [2.45, 2.75) is 33.2 Å². The van der Waals surface area contributed by atoms with E-state index in [1.807, 2.05) is 6.92 Å². The molecule has 7 heteroatoms. The van der Waals surface area contributed by atoms with E-state index in [9.17, 15) is 14.4 Å². The van der Waals surface area contributed by atoms with Crippen LogP contribution >= 0.6 is 0 Å². The van der Waals surface area contributed by atoms with E-state index in [0.29, 0.717) is 16.9 Å². The van der Waals surface area contributed by atoms with E-state index >= 15 is 0 Å². The normalized spacial score (nSPS) is 14.3. The molecule has 3 rings (SSSR count). The van der Waals surface area contributed by atoms with E-state index in [0.717, 1.165) is 11.3 Å². The Morgan fingerprint density at radius 3 is 2.24 bits per heavy atom. The van der Waals surface area contributed by atoms with Crippen LogP contribution in [-0.4, -0.2) is 32.4 Å². The Hall–Kier alpha value is -2.96. The van der Waals surface area contributed by atoms with Gasteiger partial charge in [-0.3, -0.25) is 24.0 Å². The average Bonchev–Trinajstić information content (AvgIpc) is 3.01. The molecule has 7 nitrogen and oxygen atoms in total. The van der Waals surface area contributed by atoms with Crippen LogP contribution in [0.5, 0.6) is 0 Å². The highest BCUT2D eigenvalue weighted by Crippen LogP contribution is 2.19. The van der Waals surface area contributed by atoms with Crippen molar-refractivity contribution >= 4 is 23.4 Å². The van der Waals surface area contributed by atoms with Crippen molar-refractivity contribution < 1.29 is 14.4 Å². The standard InChI is InChI=1S/C18H20N4O3/c1-11-17(12(2)21(3)20-11)18(25)19-14-6-4-13(5-7-14)10-22-15(23)8-9-16(22)24/h4-7H,8-10H2,1-3H3,(H,19,25). The molecule has 2 heterocycles. The van der Waals surface area contributed by atoms with Crippen molar-refractivity contribution in [2.24, 2.45) is 7.05 Å². The van der Waals surface area contributed by atoms with Crippen LogP contribution in [0.1, 0.15) is 40.2 Å². The van der Waals surface area contributed by atoms with Crippen LogP contribution in [0.2, 0.25) is 0 Å². The minimum atomic E-state index is -0.208. The van der Waals surface area contributed by atoms with Gasteiger partial charge in [-0.15, -0.1) is 0 Å². The zero-order valence-corrected chi connectivity index (χ0v) is 14.5. The molecule has 25 heavy (non-hydrogen) atoms. The molecule has 0 spiro atoms. The molecule has 1 N–H and O–H groups in total. The summed E-state index contributed by atoms with van der Waals surface area (Å²) in [7, 11) is 1.80. The van der Waals surface area contributed by atoms with Gasteiger partial charge in [0.15, 0.2) is 0 Å². The fourth-order valence-electron chi connectivity index (χ4n) is 2.97. The Bertz CT molecular complexity index is 836. The van der Waals surface area contributed by atoms with E-state index in [1.165, 1.54) is 4.90 Å². The molecule has 1 aromatic carbocycles. The molecule has 0 atom stereocenters. The molecular weight excluding hydrogens is 320 g/mol. The second-order valence-corrected chi connectivity index (χ2v) is 6.19. The Morgan fingerprint density at radius 2 is 1.72 bits per heavy atom. The molecule has 0 unspecified atom stereocenters. The SMILES string of the molecule is Cc1nn(C)c(C)c1C(=O)Nc1ccc(CN2C(=O)CCC2=O)cc1. The van der Waals surface area contributed by atoms with E-state index in [2.05, 4.69) is 10.4 Å². The molecule has 1 aliphatic heterocycles. The lowest BCUT2D eigenvalue weighted by Crippen LogP contribution is -2.28. The zero-order valence-electron chi connectivity index (χ0n) is 14.5. The second kappa shape index (κ2) is 6.51. The Kier molecular flexibility index (Phi) is 4.39. The van der Waals surface area contributed by atoms with Gasteiger partial charge in [0, 0.05) is 31.3 Å². The first-order chi connectivity index (χ1) is 11.9. The van der Waals surface area contributed by atoms with Crippen molar-refractivity contribution in [1.29, 1.82) is 0 Å². The smallest absolute Gasteiger partial charge is 0.259 e. The summed E-state index contributed by atoms with van der Waals surface area (Å²) >= 11 is 0. The largest absolute Gasteiger partial charge is 0.322 e. The third kappa shape index (κ3) is 3.31. The predicted molar refractivity (Wildman–Crippen MR) is 91.9 cm³/mol.